The third kappa shape index (κ3) is 3.96. The van der Waals surface area contributed by atoms with Crippen LogP contribution < -0.4 is 10.2 Å². The van der Waals surface area contributed by atoms with Crippen LogP contribution in [0.1, 0.15) is 44.2 Å². The van der Waals surface area contributed by atoms with Gasteiger partial charge in [0.1, 0.15) is 0 Å². The minimum atomic E-state index is -0.321. The summed E-state index contributed by atoms with van der Waals surface area (Å²) >= 11 is 0. The zero-order chi connectivity index (χ0) is 18.7. The Balaban J connectivity index is 1.65. The number of hydrogen-bond donors (Lipinski definition) is 1. The highest BCUT2D eigenvalue weighted by Gasteiger charge is 2.35. The van der Waals surface area contributed by atoms with E-state index in [9.17, 15) is 9.59 Å². The highest BCUT2D eigenvalue weighted by molar-refractivity contribution is 6.03. The Morgan fingerprint density at radius 2 is 1.77 bits per heavy atom. The van der Waals surface area contributed by atoms with E-state index in [-0.39, 0.29) is 24.2 Å². The van der Waals surface area contributed by atoms with E-state index in [2.05, 4.69) is 38.2 Å². The van der Waals surface area contributed by atoms with Crippen LogP contribution in [-0.2, 0) is 16.0 Å². The Morgan fingerprint density at radius 1 is 1.12 bits per heavy atom. The summed E-state index contributed by atoms with van der Waals surface area (Å²) < 4.78 is 0. The molecule has 2 aromatic carbocycles. The van der Waals surface area contributed by atoms with Gasteiger partial charge in [0.15, 0.2) is 0 Å². The van der Waals surface area contributed by atoms with Gasteiger partial charge in [-0.25, -0.2) is 0 Å². The van der Waals surface area contributed by atoms with Crippen LogP contribution in [0.5, 0.6) is 0 Å². The number of aryl methyl sites for hydroxylation is 1. The minimum absolute atomic E-state index is 0.00350. The van der Waals surface area contributed by atoms with Gasteiger partial charge in [0.25, 0.3) is 0 Å². The SMILES string of the molecule is CCc1ccc(NC(=O)[C@H]2CC(=O)N(c3ccc(C(C)C)cc3)C2)cc1. The van der Waals surface area contributed by atoms with Crippen LogP contribution in [0.25, 0.3) is 0 Å². The van der Waals surface area contributed by atoms with Crippen molar-refractivity contribution in [3.63, 3.8) is 0 Å². The second kappa shape index (κ2) is 7.73. The monoisotopic (exact) mass is 350 g/mol. The Kier molecular flexibility index (Phi) is 5.40. The van der Waals surface area contributed by atoms with E-state index >= 15 is 0 Å². The standard InChI is InChI=1S/C22H26N2O2/c1-4-16-5-9-19(10-6-16)23-22(26)18-13-21(25)24(14-18)20-11-7-17(8-12-20)15(2)3/h5-12,15,18H,4,13-14H2,1-3H3,(H,23,26)/t18-/m0/s1. The highest BCUT2D eigenvalue weighted by Crippen LogP contribution is 2.27. The molecular formula is C22H26N2O2. The van der Waals surface area contributed by atoms with Crippen molar-refractivity contribution >= 4 is 23.2 Å². The van der Waals surface area contributed by atoms with Gasteiger partial charge < -0.3 is 10.2 Å². The predicted molar refractivity (Wildman–Crippen MR) is 105 cm³/mol. The molecule has 136 valence electrons. The number of nitrogens with zero attached hydrogens (tertiary/aromatic N) is 1. The molecule has 0 saturated carbocycles. The zero-order valence-corrected chi connectivity index (χ0v) is 15.7. The van der Waals surface area contributed by atoms with E-state index in [0.717, 1.165) is 17.8 Å². The molecule has 26 heavy (non-hydrogen) atoms. The molecule has 4 nitrogen and oxygen atoms in total. The second-order valence-electron chi connectivity index (χ2n) is 7.19. The van der Waals surface area contributed by atoms with E-state index in [4.69, 9.17) is 0 Å². The van der Waals surface area contributed by atoms with Crippen LogP contribution in [0, 0.1) is 5.92 Å². The topological polar surface area (TPSA) is 49.4 Å². The van der Waals surface area contributed by atoms with E-state index in [1.165, 1.54) is 11.1 Å². The molecule has 0 bridgehead atoms. The molecule has 4 heteroatoms. The summed E-state index contributed by atoms with van der Waals surface area (Å²) in [6, 6.07) is 15.9. The molecule has 1 heterocycles. The second-order valence-corrected chi connectivity index (χ2v) is 7.19. The normalized spacial score (nSPS) is 17.0. The van der Waals surface area contributed by atoms with Gasteiger partial charge in [0.05, 0.1) is 5.92 Å². The molecule has 1 fully saturated rings. The first-order chi connectivity index (χ1) is 12.5. The molecule has 1 N–H and O–H groups in total. The molecule has 1 aliphatic heterocycles. The number of rotatable bonds is 5. The first-order valence-electron chi connectivity index (χ1n) is 9.28. The van der Waals surface area contributed by atoms with Crippen molar-refractivity contribution in [2.24, 2.45) is 5.92 Å². The number of hydrogen-bond acceptors (Lipinski definition) is 2. The fourth-order valence-corrected chi connectivity index (χ4v) is 3.24. The fraction of sp³-hybridized carbons (Fsp3) is 0.364. The van der Waals surface area contributed by atoms with Crippen molar-refractivity contribution in [3.8, 4) is 0 Å². The number of amides is 2. The largest absolute Gasteiger partial charge is 0.326 e. The number of benzene rings is 2. The third-order valence-electron chi connectivity index (χ3n) is 5.00. The summed E-state index contributed by atoms with van der Waals surface area (Å²) in [7, 11) is 0. The molecule has 3 rings (SSSR count). The summed E-state index contributed by atoms with van der Waals surface area (Å²) in [5, 5.41) is 2.93. The van der Waals surface area contributed by atoms with Gasteiger partial charge in [-0.05, 0) is 47.7 Å². The molecule has 1 saturated heterocycles. The van der Waals surface area contributed by atoms with Crippen molar-refractivity contribution in [3.05, 3.63) is 59.7 Å². The number of carbonyl (C=O) groups excluding carboxylic acids is 2. The Hall–Kier alpha value is -2.62. The van der Waals surface area contributed by atoms with Crippen molar-refractivity contribution in [2.75, 3.05) is 16.8 Å². The van der Waals surface area contributed by atoms with E-state index < -0.39 is 0 Å². The molecular weight excluding hydrogens is 324 g/mol. The summed E-state index contributed by atoms with van der Waals surface area (Å²) in [4.78, 5) is 26.7. The van der Waals surface area contributed by atoms with E-state index in [1.807, 2.05) is 36.4 Å². The molecule has 0 unspecified atom stereocenters. The van der Waals surface area contributed by atoms with E-state index in [0.29, 0.717) is 12.5 Å². The van der Waals surface area contributed by atoms with Crippen LogP contribution in [-0.4, -0.2) is 18.4 Å². The molecule has 0 aliphatic carbocycles. The van der Waals surface area contributed by atoms with E-state index in [1.54, 1.807) is 4.90 Å². The lowest BCUT2D eigenvalue weighted by molar-refractivity contribution is -0.122. The predicted octanol–water partition coefficient (Wildman–Crippen LogP) is 4.36. The fourth-order valence-electron chi connectivity index (χ4n) is 3.24. The molecule has 2 amide bonds. The number of anilines is 2. The molecule has 0 aromatic heterocycles. The van der Waals surface area contributed by atoms with Crippen LogP contribution in [0.15, 0.2) is 48.5 Å². The van der Waals surface area contributed by atoms with Gasteiger partial charge in [0.2, 0.25) is 11.8 Å². The maximum atomic E-state index is 12.5. The van der Waals surface area contributed by atoms with Crippen molar-refractivity contribution < 1.29 is 9.59 Å². The van der Waals surface area contributed by atoms with Crippen LogP contribution in [0.4, 0.5) is 11.4 Å². The average Bonchev–Trinajstić information content (AvgIpc) is 3.04. The molecule has 0 spiro atoms. The maximum absolute atomic E-state index is 12.5. The van der Waals surface area contributed by atoms with Crippen LogP contribution in [0.2, 0.25) is 0 Å². The average molecular weight is 350 g/mol. The first kappa shape index (κ1) is 18.2. The summed E-state index contributed by atoms with van der Waals surface area (Å²) in [5.41, 5.74) is 4.11. The number of carbonyl (C=O) groups is 2. The Labute approximate surface area is 155 Å². The lowest BCUT2D eigenvalue weighted by atomic mass is 10.0. The molecule has 0 radical (unpaired) electrons. The smallest absolute Gasteiger partial charge is 0.229 e. The van der Waals surface area contributed by atoms with Gasteiger partial charge >= 0.3 is 0 Å². The first-order valence-corrected chi connectivity index (χ1v) is 9.28. The maximum Gasteiger partial charge on any atom is 0.229 e. The van der Waals surface area contributed by atoms with Crippen LogP contribution in [0.3, 0.4) is 0 Å². The molecule has 2 aromatic rings. The number of nitrogens with one attached hydrogen (secondary N) is 1. The summed E-state index contributed by atoms with van der Waals surface area (Å²) in [5.74, 6) is 0.0433. The zero-order valence-electron chi connectivity index (χ0n) is 15.7. The van der Waals surface area contributed by atoms with Crippen molar-refractivity contribution in [1.29, 1.82) is 0 Å². The van der Waals surface area contributed by atoms with Crippen molar-refractivity contribution in [2.45, 2.75) is 39.5 Å². The Bertz CT molecular complexity index is 779. The quantitative estimate of drug-likeness (QED) is 0.871. The lowest BCUT2D eigenvalue weighted by Crippen LogP contribution is -2.28. The molecule has 1 aliphatic rings. The van der Waals surface area contributed by atoms with Crippen molar-refractivity contribution in [1.82, 2.24) is 0 Å². The highest BCUT2D eigenvalue weighted by atomic mass is 16.2. The van der Waals surface area contributed by atoms with Crippen LogP contribution >= 0.6 is 0 Å². The van der Waals surface area contributed by atoms with Gasteiger partial charge in [-0.15, -0.1) is 0 Å². The summed E-state index contributed by atoms with van der Waals surface area (Å²) in [6.07, 6.45) is 1.22. The minimum Gasteiger partial charge on any atom is -0.326 e. The Morgan fingerprint density at radius 3 is 2.35 bits per heavy atom. The third-order valence-corrected chi connectivity index (χ3v) is 5.00. The van der Waals surface area contributed by atoms with Gasteiger partial charge in [0, 0.05) is 24.3 Å². The van der Waals surface area contributed by atoms with Gasteiger partial charge in [-0.2, -0.15) is 0 Å². The van der Waals surface area contributed by atoms with Gasteiger partial charge in [-0.1, -0.05) is 45.0 Å². The summed E-state index contributed by atoms with van der Waals surface area (Å²) in [6.45, 7) is 6.81. The van der Waals surface area contributed by atoms with Gasteiger partial charge in [-0.3, -0.25) is 9.59 Å². The lowest BCUT2D eigenvalue weighted by Gasteiger charge is -2.18. The molecule has 1 atom stereocenters.